The number of aromatic nitrogens is 1. The second-order valence-electron chi connectivity index (χ2n) is 5.01. The quantitative estimate of drug-likeness (QED) is 0.777. The van der Waals surface area contributed by atoms with Crippen molar-refractivity contribution in [2.75, 3.05) is 33.2 Å². The van der Waals surface area contributed by atoms with Gasteiger partial charge in [-0.15, -0.1) is 0 Å². The summed E-state index contributed by atoms with van der Waals surface area (Å²) in [4.78, 5) is 20.9. The maximum Gasteiger partial charge on any atom is 0.254 e. The predicted octanol–water partition coefficient (Wildman–Crippen LogP) is 1.62. The summed E-state index contributed by atoms with van der Waals surface area (Å²) in [7, 11) is 2.09. The van der Waals surface area contributed by atoms with Gasteiger partial charge in [0.1, 0.15) is 0 Å². The molecule has 0 aliphatic carbocycles. The molecule has 1 amide bonds. The van der Waals surface area contributed by atoms with Gasteiger partial charge in [-0.25, -0.2) is 0 Å². The Kier molecular flexibility index (Phi) is 3.17. The maximum atomic E-state index is 12.4. The molecule has 2 aromatic rings. The van der Waals surface area contributed by atoms with Crippen molar-refractivity contribution in [2.24, 2.45) is 0 Å². The highest BCUT2D eigenvalue weighted by molar-refractivity contribution is 5.97. The molecular formula is C15H17N3O. The van der Waals surface area contributed by atoms with Crippen LogP contribution in [0.2, 0.25) is 0 Å². The molecule has 0 radical (unpaired) electrons. The van der Waals surface area contributed by atoms with E-state index in [1.165, 1.54) is 0 Å². The van der Waals surface area contributed by atoms with Crippen LogP contribution in [0.5, 0.6) is 0 Å². The van der Waals surface area contributed by atoms with Gasteiger partial charge in [0.05, 0.1) is 5.52 Å². The zero-order valence-electron chi connectivity index (χ0n) is 11.0. The first-order valence-corrected chi connectivity index (χ1v) is 6.57. The van der Waals surface area contributed by atoms with Crippen LogP contribution in [0, 0.1) is 0 Å². The molecule has 2 heterocycles. The van der Waals surface area contributed by atoms with E-state index in [2.05, 4.69) is 16.9 Å². The molecule has 0 saturated carbocycles. The minimum atomic E-state index is 0.112. The Bertz CT molecular complexity index is 603. The van der Waals surface area contributed by atoms with Gasteiger partial charge >= 0.3 is 0 Å². The first-order chi connectivity index (χ1) is 9.24. The lowest BCUT2D eigenvalue weighted by Gasteiger charge is -2.32. The summed E-state index contributed by atoms with van der Waals surface area (Å²) in [5, 5.41) is 1.07. The lowest BCUT2D eigenvalue weighted by Crippen LogP contribution is -2.47. The molecule has 1 saturated heterocycles. The second kappa shape index (κ2) is 4.97. The van der Waals surface area contributed by atoms with E-state index in [1.54, 1.807) is 6.20 Å². The van der Waals surface area contributed by atoms with E-state index in [-0.39, 0.29) is 5.91 Å². The zero-order valence-corrected chi connectivity index (χ0v) is 11.0. The number of fused-ring (bicyclic) bond motifs is 1. The van der Waals surface area contributed by atoms with Gasteiger partial charge in [0, 0.05) is 43.3 Å². The van der Waals surface area contributed by atoms with Crippen LogP contribution < -0.4 is 0 Å². The van der Waals surface area contributed by atoms with E-state index < -0.39 is 0 Å². The molecule has 0 unspecified atom stereocenters. The third-order valence-electron chi connectivity index (χ3n) is 3.64. The Morgan fingerprint density at radius 2 is 1.95 bits per heavy atom. The van der Waals surface area contributed by atoms with E-state index >= 15 is 0 Å². The molecule has 1 aliphatic heterocycles. The number of hydrogen-bond donors (Lipinski definition) is 0. The van der Waals surface area contributed by atoms with E-state index in [0.717, 1.165) is 42.6 Å². The van der Waals surface area contributed by atoms with Crippen molar-refractivity contribution in [1.82, 2.24) is 14.8 Å². The lowest BCUT2D eigenvalue weighted by atomic mass is 10.1. The predicted molar refractivity (Wildman–Crippen MR) is 75.1 cm³/mol. The Morgan fingerprint density at radius 3 is 2.74 bits per heavy atom. The Morgan fingerprint density at radius 1 is 1.16 bits per heavy atom. The molecule has 0 N–H and O–H groups in total. The number of carbonyl (C=O) groups is 1. The number of likely N-dealkylation sites (N-methyl/N-ethyl adjacent to an activating group) is 1. The highest BCUT2D eigenvalue weighted by Gasteiger charge is 2.20. The van der Waals surface area contributed by atoms with Crippen LogP contribution in [0.25, 0.3) is 10.9 Å². The number of pyridine rings is 1. The van der Waals surface area contributed by atoms with Crippen LogP contribution >= 0.6 is 0 Å². The molecule has 1 aliphatic rings. The monoisotopic (exact) mass is 255 g/mol. The highest BCUT2D eigenvalue weighted by atomic mass is 16.2. The summed E-state index contributed by atoms with van der Waals surface area (Å²) in [6.07, 6.45) is 1.76. The Balaban J connectivity index is 1.85. The number of hydrogen-bond acceptors (Lipinski definition) is 3. The first-order valence-electron chi connectivity index (χ1n) is 6.57. The largest absolute Gasteiger partial charge is 0.336 e. The minimum absolute atomic E-state index is 0.112. The van der Waals surface area contributed by atoms with Gasteiger partial charge in [-0.1, -0.05) is 12.1 Å². The third kappa shape index (κ3) is 2.44. The third-order valence-corrected chi connectivity index (χ3v) is 3.64. The molecule has 1 aromatic carbocycles. The van der Waals surface area contributed by atoms with Crippen molar-refractivity contribution in [3.63, 3.8) is 0 Å². The fourth-order valence-corrected chi connectivity index (χ4v) is 2.39. The van der Waals surface area contributed by atoms with Gasteiger partial charge in [0.15, 0.2) is 0 Å². The number of piperazine rings is 1. The second-order valence-corrected chi connectivity index (χ2v) is 5.01. The van der Waals surface area contributed by atoms with E-state index in [0.29, 0.717) is 0 Å². The molecule has 0 bridgehead atoms. The van der Waals surface area contributed by atoms with Crippen molar-refractivity contribution in [3.05, 3.63) is 42.1 Å². The summed E-state index contributed by atoms with van der Waals surface area (Å²) in [6.45, 7) is 3.49. The van der Waals surface area contributed by atoms with Crippen molar-refractivity contribution < 1.29 is 4.79 Å². The fraction of sp³-hybridized carbons (Fsp3) is 0.333. The number of nitrogens with zero attached hydrogens (tertiary/aromatic N) is 3. The van der Waals surface area contributed by atoms with E-state index in [9.17, 15) is 4.79 Å². The number of amides is 1. The topological polar surface area (TPSA) is 36.4 Å². The van der Waals surface area contributed by atoms with Crippen LogP contribution in [0.15, 0.2) is 36.5 Å². The molecule has 0 spiro atoms. The van der Waals surface area contributed by atoms with E-state index in [1.807, 2.05) is 35.2 Å². The van der Waals surface area contributed by atoms with Gasteiger partial charge in [0.25, 0.3) is 5.91 Å². The first kappa shape index (κ1) is 12.1. The molecule has 98 valence electrons. The molecule has 1 aromatic heterocycles. The number of carbonyl (C=O) groups excluding carboxylic acids is 1. The molecule has 4 heteroatoms. The van der Waals surface area contributed by atoms with Crippen LogP contribution in [-0.4, -0.2) is 53.9 Å². The SMILES string of the molecule is CN1CCN(C(=O)c2ccc3cccnc3c2)CC1. The fourth-order valence-electron chi connectivity index (χ4n) is 2.39. The molecule has 3 rings (SSSR count). The number of rotatable bonds is 1. The van der Waals surface area contributed by atoms with Gasteiger partial charge in [-0.2, -0.15) is 0 Å². The average molecular weight is 255 g/mol. The minimum Gasteiger partial charge on any atom is -0.336 e. The van der Waals surface area contributed by atoms with Gasteiger partial charge in [-0.05, 0) is 25.2 Å². The van der Waals surface area contributed by atoms with Gasteiger partial charge < -0.3 is 9.80 Å². The molecule has 4 nitrogen and oxygen atoms in total. The van der Waals surface area contributed by atoms with Gasteiger partial charge in [0.2, 0.25) is 0 Å². The summed E-state index contributed by atoms with van der Waals surface area (Å²) < 4.78 is 0. The van der Waals surface area contributed by atoms with Crippen LogP contribution in [-0.2, 0) is 0 Å². The smallest absolute Gasteiger partial charge is 0.254 e. The summed E-state index contributed by atoms with van der Waals surface area (Å²) in [5.74, 6) is 0.112. The lowest BCUT2D eigenvalue weighted by molar-refractivity contribution is 0.0664. The van der Waals surface area contributed by atoms with Crippen molar-refractivity contribution in [2.45, 2.75) is 0 Å². The van der Waals surface area contributed by atoms with E-state index in [4.69, 9.17) is 0 Å². The summed E-state index contributed by atoms with van der Waals surface area (Å²) >= 11 is 0. The normalized spacial score (nSPS) is 16.8. The standard InChI is InChI=1S/C15H17N3O/c1-17-7-9-18(10-8-17)15(19)13-5-4-12-3-2-6-16-14(12)11-13/h2-6,11H,7-10H2,1H3. The van der Waals surface area contributed by atoms with Crippen LogP contribution in [0.1, 0.15) is 10.4 Å². The molecule has 0 atom stereocenters. The van der Waals surface area contributed by atoms with Crippen LogP contribution in [0.4, 0.5) is 0 Å². The highest BCUT2D eigenvalue weighted by Crippen LogP contribution is 2.15. The Hall–Kier alpha value is -1.94. The number of benzene rings is 1. The van der Waals surface area contributed by atoms with Crippen molar-refractivity contribution in [1.29, 1.82) is 0 Å². The maximum absolute atomic E-state index is 12.4. The van der Waals surface area contributed by atoms with Gasteiger partial charge in [-0.3, -0.25) is 9.78 Å². The zero-order chi connectivity index (χ0) is 13.2. The molecule has 1 fully saturated rings. The molecular weight excluding hydrogens is 238 g/mol. The van der Waals surface area contributed by atoms with Crippen LogP contribution in [0.3, 0.4) is 0 Å². The summed E-state index contributed by atoms with van der Waals surface area (Å²) in [6, 6.07) is 9.66. The molecule has 19 heavy (non-hydrogen) atoms. The van der Waals surface area contributed by atoms with Crippen molar-refractivity contribution >= 4 is 16.8 Å². The average Bonchev–Trinajstić information content (AvgIpc) is 2.47. The Labute approximate surface area is 112 Å². The summed E-state index contributed by atoms with van der Waals surface area (Å²) in [5.41, 5.74) is 1.61. The van der Waals surface area contributed by atoms with Crippen molar-refractivity contribution in [3.8, 4) is 0 Å².